The van der Waals surface area contributed by atoms with Gasteiger partial charge in [-0.1, -0.05) is 38.3 Å². The fourth-order valence-corrected chi connectivity index (χ4v) is 3.85. The van der Waals surface area contributed by atoms with Gasteiger partial charge < -0.3 is 15.1 Å². The zero-order valence-electron chi connectivity index (χ0n) is 16.6. The van der Waals surface area contributed by atoms with E-state index in [4.69, 9.17) is 4.42 Å². The normalized spacial score (nSPS) is 19.2. The van der Waals surface area contributed by atoms with Gasteiger partial charge in [-0.2, -0.15) is 0 Å². The molecule has 0 bridgehead atoms. The molecule has 0 spiro atoms. The number of amides is 2. The Balaban J connectivity index is 1.41. The molecule has 150 valence electrons. The molecule has 0 radical (unpaired) electrons. The van der Waals surface area contributed by atoms with Crippen LogP contribution in [-0.4, -0.2) is 11.8 Å². The van der Waals surface area contributed by atoms with Crippen molar-refractivity contribution in [3.05, 3.63) is 54.0 Å². The number of nitrogens with one attached hydrogen (secondary N) is 2. The summed E-state index contributed by atoms with van der Waals surface area (Å²) < 4.78 is 5.08. The van der Waals surface area contributed by atoms with E-state index in [9.17, 15) is 9.59 Å². The highest BCUT2D eigenvalue weighted by Gasteiger charge is 2.25. The summed E-state index contributed by atoms with van der Waals surface area (Å²) in [6.45, 7) is 2.75. The predicted molar refractivity (Wildman–Crippen MR) is 110 cm³/mol. The van der Waals surface area contributed by atoms with Gasteiger partial charge in [0, 0.05) is 18.2 Å². The topological polar surface area (TPSA) is 71.3 Å². The largest absolute Gasteiger partial charge is 0.459 e. The monoisotopic (exact) mass is 382 g/mol. The van der Waals surface area contributed by atoms with E-state index in [1.807, 2.05) is 24.3 Å². The highest BCUT2D eigenvalue weighted by atomic mass is 16.3. The Morgan fingerprint density at radius 2 is 1.82 bits per heavy atom. The molecule has 1 fully saturated rings. The average molecular weight is 383 g/mol. The lowest BCUT2D eigenvalue weighted by Gasteiger charge is -2.27. The summed E-state index contributed by atoms with van der Waals surface area (Å²) in [5.74, 6) is 1.14. The van der Waals surface area contributed by atoms with Crippen LogP contribution in [0.15, 0.2) is 47.1 Å². The summed E-state index contributed by atoms with van der Waals surface area (Å²) in [7, 11) is 0. The SMILES string of the molecule is CCCCC1CCC(C(=O)NCc2ccc(NC(=O)c3ccco3)cc2)CC1. The van der Waals surface area contributed by atoms with Crippen molar-refractivity contribution in [2.75, 3.05) is 5.32 Å². The van der Waals surface area contributed by atoms with E-state index in [0.717, 1.165) is 24.3 Å². The molecular formula is C23H30N2O3. The Labute approximate surface area is 166 Å². The number of anilines is 1. The van der Waals surface area contributed by atoms with E-state index < -0.39 is 0 Å². The molecule has 0 saturated heterocycles. The maximum Gasteiger partial charge on any atom is 0.291 e. The molecule has 0 aliphatic heterocycles. The number of rotatable bonds is 8. The molecule has 2 amide bonds. The number of hydrogen-bond acceptors (Lipinski definition) is 3. The van der Waals surface area contributed by atoms with Crippen LogP contribution in [0.2, 0.25) is 0 Å². The molecule has 28 heavy (non-hydrogen) atoms. The molecule has 2 aromatic rings. The van der Waals surface area contributed by atoms with Crippen molar-refractivity contribution in [1.29, 1.82) is 0 Å². The lowest BCUT2D eigenvalue weighted by Crippen LogP contribution is -2.32. The second kappa shape index (κ2) is 10.1. The summed E-state index contributed by atoms with van der Waals surface area (Å²) in [4.78, 5) is 24.4. The first-order valence-corrected chi connectivity index (χ1v) is 10.4. The standard InChI is InChI=1S/C23H30N2O3/c1-2-3-5-17-7-11-19(12-8-17)22(26)24-16-18-9-13-20(14-10-18)25-23(27)21-6-4-15-28-21/h4,6,9-10,13-15,17,19H,2-3,5,7-8,11-12,16H2,1H3,(H,24,26)(H,25,27). The Bertz CT molecular complexity index is 745. The number of unbranched alkanes of at least 4 members (excludes halogenated alkanes) is 1. The molecule has 2 N–H and O–H groups in total. The van der Waals surface area contributed by atoms with Gasteiger partial charge >= 0.3 is 0 Å². The van der Waals surface area contributed by atoms with Crippen LogP contribution in [0, 0.1) is 11.8 Å². The van der Waals surface area contributed by atoms with Crippen LogP contribution >= 0.6 is 0 Å². The first-order chi connectivity index (χ1) is 13.7. The second-order valence-corrected chi connectivity index (χ2v) is 7.71. The molecule has 0 unspecified atom stereocenters. The van der Waals surface area contributed by atoms with Gasteiger partial charge in [0.2, 0.25) is 5.91 Å². The first kappa shape index (κ1) is 20.2. The number of hydrogen-bond donors (Lipinski definition) is 2. The Morgan fingerprint density at radius 1 is 1.07 bits per heavy atom. The molecule has 1 heterocycles. The summed E-state index contributed by atoms with van der Waals surface area (Å²) >= 11 is 0. The van der Waals surface area contributed by atoms with Crippen molar-refractivity contribution >= 4 is 17.5 Å². The van der Waals surface area contributed by atoms with E-state index in [0.29, 0.717) is 12.2 Å². The third-order valence-electron chi connectivity index (χ3n) is 5.61. The van der Waals surface area contributed by atoms with Crippen molar-refractivity contribution in [1.82, 2.24) is 5.32 Å². The molecule has 1 aliphatic rings. The van der Waals surface area contributed by atoms with E-state index in [1.165, 1.54) is 38.4 Å². The van der Waals surface area contributed by atoms with E-state index in [-0.39, 0.29) is 23.5 Å². The summed E-state index contributed by atoms with van der Waals surface area (Å²) in [5.41, 5.74) is 1.71. The molecule has 5 nitrogen and oxygen atoms in total. The summed E-state index contributed by atoms with van der Waals surface area (Å²) in [5, 5.41) is 5.85. The smallest absolute Gasteiger partial charge is 0.291 e. The fourth-order valence-electron chi connectivity index (χ4n) is 3.85. The maximum atomic E-state index is 12.5. The van der Waals surface area contributed by atoms with Crippen LogP contribution in [0.25, 0.3) is 0 Å². The number of carbonyl (C=O) groups is 2. The molecule has 1 aliphatic carbocycles. The first-order valence-electron chi connectivity index (χ1n) is 10.4. The number of carbonyl (C=O) groups excluding carboxylic acids is 2. The minimum Gasteiger partial charge on any atom is -0.459 e. The van der Waals surface area contributed by atoms with Gasteiger partial charge in [0.15, 0.2) is 5.76 Å². The van der Waals surface area contributed by atoms with Crippen molar-refractivity contribution in [2.45, 2.75) is 58.4 Å². The maximum absolute atomic E-state index is 12.5. The van der Waals surface area contributed by atoms with Gasteiger partial charge in [0.25, 0.3) is 5.91 Å². The number of furan rings is 1. The van der Waals surface area contributed by atoms with E-state index in [1.54, 1.807) is 12.1 Å². The number of benzene rings is 1. The lowest BCUT2D eigenvalue weighted by atomic mass is 9.79. The quantitative estimate of drug-likeness (QED) is 0.664. The molecular weight excluding hydrogens is 352 g/mol. The van der Waals surface area contributed by atoms with Gasteiger partial charge in [-0.25, -0.2) is 0 Å². The van der Waals surface area contributed by atoms with Gasteiger partial charge in [0.1, 0.15) is 0 Å². The van der Waals surface area contributed by atoms with Gasteiger partial charge in [0.05, 0.1) is 6.26 Å². The van der Waals surface area contributed by atoms with E-state index >= 15 is 0 Å². The van der Waals surface area contributed by atoms with Crippen LogP contribution < -0.4 is 10.6 Å². The van der Waals surface area contributed by atoms with Crippen molar-refractivity contribution in [3.63, 3.8) is 0 Å². The zero-order valence-corrected chi connectivity index (χ0v) is 16.6. The Kier molecular flexibility index (Phi) is 7.29. The summed E-state index contributed by atoms with van der Waals surface area (Å²) in [6, 6.07) is 10.8. The summed E-state index contributed by atoms with van der Waals surface area (Å²) in [6.07, 6.45) is 9.73. The van der Waals surface area contributed by atoms with Gasteiger partial charge in [-0.3, -0.25) is 9.59 Å². The highest BCUT2D eigenvalue weighted by Crippen LogP contribution is 2.32. The molecule has 3 rings (SSSR count). The van der Waals surface area contributed by atoms with E-state index in [2.05, 4.69) is 17.6 Å². The second-order valence-electron chi connectivity index (χ2n) is 7.71. The third kappa shape index (κ3) is 5.72. The molecule has 1 aromatic carbocycles. The molecule has 1 saturated carbocycles. The van der Waals surface area contributed by atoms with Crippen LogP contribution in [0.4, 0.5) is 5.69 Å². The van der Waals surface area contributed by atoms with Gasteiger partial charge in [-0.15, -0.1) is 0 Å². The Hall–Kier alpha value is -2.56. The average Bonchev–Trinajstić information content (AvgIpc) is 3.27. The van der Waals surface area contributed by atoms with Crippen LogP contribution in [0.1, 0.15) is 68.0 Å². The molecule has 1 aromatic heterocycles. The van der Waals surface area contributed by atoms with Crippen molar-refractivity contribution in [3.8, 4) is 0 Å². The van der Waals surface area contributed by atoms with Gasteiger partial charge in [-0.05, 0) is 61.4 Å². The van der Waals surface area contributed by atoms with Crippen molar-refractivity contribution < 1.29 is 14.0 Å². The third-order valence-corrected chi connectivity index (χ3v) is 5.61. The zero-order chi connectivity index (χ0) is 19.8. The van der Waals surface area contributed by atoms with Crippen LogP contribution in [-0.2, 0) is 11.3 Å². The minimum atomic E-state index is -0.277. The highest BCUT2D eigenvalue weighted by molar-refractivity contribution is 6.02. The van der Waals surface area contributed by atoms with Crippen molar-refractivity contribution in [2.24, 2.45) is 11.8 Å². The predicted octanol–water partition coefficient (Wildman–Crippen LogP) is 5.14. The van der Waals surface area contributed by atoms with Crippen LogP contribution in [0.5, 0.6) is 0 Å². The lowest BCUT2D eigenvalue weighted by molar-refractivity contribution is -0.126. The fraction of sp³-hybridized carbons (Fsp3) is 0.478. The molecule has 0 atom stereocenters. The minimum absolute atomic E-state index is 0.157. The van der Waals surface area contributed by atoms with Crippen LogP contribution in [0.3, 0.4) is 0 Å². The molecule has 5 heteroatoms. The Morgan fingerprint density at radius 3 is 2.46 bits per heavy atom.